The van der Waals surface area contributed by atoms with Gasteiger partial charge in [0.15, 0.2) is 0 Å². The molecule has 0 aliphatic carbocycles. The normalized spacial score (nSPS) is 22.5. The number of aromatic nitrogens is 2. The first-order chi connectivity index (χ1) is 7.48. The van der Waals surface area contributed by atoms with Crippen molar-refractivity contribution in [1.82, 2.24) is 15.1 Å². The van der Waals surface area contributed by atoms with E-state index in [0.717, 1.165) is 5.82 Å². The Morgan fingerprint density at radius 2 is 2.25 bits per heavy atom. The number of hydrogen-bond donors (Lipinski definition) is 1. The predicted octanol–water partition coefficient (Wildman–Crippen LogP) is 0.761. The summed E-state index contributed by atoms with van der Waals surface area (Å²) in [4.78, 5) is 1.70. The van der Waals surface area contributed by atoms with Crippen LogP contribution in [-0.2, 0) is 7.05 Å². The minimum atomic E-state index is -4.20. The van der Waals surface area contributed by atoms with Crippen molar-refractivity contribution in [2.75, 3.05) is 24.5 Å². The summed E-state index contributed by atoms with van der Waals surface area (Å²) in [6, 6.07) is 0.259. The summed E-state index contributed by atoms with van der Waals surface area (Å²) in [6.45, 7) is 0.824. The van der Waals surface area contributed by atoms with Crippen LogP contribution >= 0.6 is 0 Å². The Hall–Kier alpha value is -1.24. The zero-order valence-corrected chi connectivity index (χ0v) is 8.83. The van der Waals surface area contributed by atoms with Crippen molar-refractivity contribution in [3.05, 3.63) is 12.3 Å². The van der Waals surface area contributed by atoms with Gasteiger partial charge in [0.1, 0.15) is 11.9 Å². The van der Waals surface area contributed by atoms with Gasteiger partial charge in [-0.1, -0.05) is 0 Å². The van der Waals surface area contributed by atoms with Gasteiger partial charge in [0, 0.05) is 32.7 Å². The number of rotatable bonds is 1. The maximum atomic E-state index is 12.5. The van der Waals surface area contributed by atoms with Crippen LogP contribution in [0.3, 0.4) is 0 Å². The van der Waals surface area contributed by atoms with E-state index in [2.05, 4.69) is 10.4 Å². The van der Waals surface area contributed by atoms with Gasteiger partial charge in [-0.05, 0) is 0 Å². The van der Waals surface area contributed by atoms with Crippen LogP contribution in [0.15, 0.2) is 12.3 Å². The molecular formula is C9H13F3N4. The highest BCUT2D eigenvalue weighted by atomic mass is 19.4. The second kappa shape index (κ2) is 3.97. The molecule has 2 heterocycles. The second-order valence-corrected chi connectivity index (χ2v) is 3.81. The first-order valence-corrected chi connectivity index (χ1v) is 5.01. The van der Waals surface area contributed by atoms with Gasteiger partial charge in [-0.2, -0.15) is 18.3 Å². The van der Waals surface area contributed by atoms with Gasteiger partial charge in [-0.15, -0.1) is 0 Å². The summed E-state index contributed by atoms with van der Waals surface area (Å²) in [7, 11) is 1.72. The Labute approximate surface area is 91.0 Å². The predicted molar refractivity (Wildman–Crippen MR) is 53.3 cm³/mol. The lowest BCUT2D eigenvalue weighted by Gasteiger charge is -2.35. The fourth-order valence-corrected chi connectivity index (χ4v) is 1.85. The third-order valence-corrected chi connectivity index (χ3v) is 2.69. The molecule has 90 valence electrons. The third-order valence-electron chi connectivity index (χ3n) is 2.69. The smallest absolute Gasteiger partial charge is 0.354 e. The van der Waals surface area contributed by atoms with Gasteiger partial charge in [0.25, 0.3) is 0 Å². The van der Waals surface area contributed by atoms with E-state index >= 15 is 0 Å². The van der Waals surface area contributed by atoms with Crippen LogP contribution in [0.5, 0.6) is 0 Å². The number of nitrogens with zero attached hydrogens (tertiary/aromatic N) is 3. The highest BCUT2D eigenvalue weighted by Gasteiger charge is 2.42. The van der Waals surface area contributed by atoms with Crippen molar-refractivity contribution in [1.29, 1.82) is 0 Å². The zero-order chi connectivity index (χ0) is 11.8. The number of aryl methyl sites for hydroxylation is 1. The summed E-state index contributed by atoms with van der Waals surface area (Å²) in [5.74, 6) is 0.718. The average molecular weight is 234 g/mol. The van der Waals surface area contributed by atoms with E-state index in [4.69, 9.17) is 0 Å². The average Bonchev–Trinajstić information content (AvgIpc) is 2.63. The molecule has 1 aromatic heterocycles. The molecule has 1 aromatic rings. The quantitative estimate of drug-likeness (QED) is 0.778. The van der Waals surface area contributed by atoms with Crippen LogP contribution < -0.4 is 10.2 Å². The van der Waals surface area contributed by atoms with Crippen molar-refractivity contribution < 1.29 is 13.2 Å². The van der Waals surface area contributed by atoms with Gasteiger partial charge in [0.2, 0.25) is 0 Å². The summed E-state index contributed by atoms with van der Waals surface area (Å²) >= 11 is 0. The Morgan fingerprint density at radius 1 is 1.50 bits per heavy atom. The minimum absolute atomic E-state index is 0.0664. The minimum Gasteiger partial charge on any atom is -0.354 e. The summed E-state index contributed by atoms with van der Waals surface area (Å²) in [6.07, 6.45) is -2.61. The molecule has 0 bridgehead atoms. The number of hydrogen-bond acceptors (Lipinski definition) is 3. The van der Waals surface area contributed by atoms with Gasteiger partial charge in [-0.25, -0.2) is 0 Å². The molecule has 0 radical (unpaired) electrons. The molecule has 1 unspecified atom stereocenters. The highest BCUT2D eigenvalue weighted by Crippen LogP contribution is 2.24. The van der Waals surface area contributed by atoms with Crippen LogP contribution in [0.25, 0.3) is 0 Å². The molecule has 1 fully saturated rings. The topological polar surface area (TPSA) is 33.1 Å². The van der Waals surface area contributed by atoms with Crippen molar-refractivity contribution in [3.63, 3.8) is 0 Å². The molecule has 16 heavy (non-hydrogen) atoms. The molecule has 1 atom stereocenters. The fourth-order valence-electron chi connectivity index (χ4n) is 1.85. The molecule has 0 amide bonds. The van der Waals surface area contributed by atoms with Crippen molar-refractivity contribution in [2.24, 2.45) is 7.05 Å². The van der Waals surface area contributed by atoms with Gasteiger partial charge < -0.3 is 10.2 Å². The Kier molecular flexibility index (Phi) is 2.79. The largest absolute Gasteiger partial charge is 0.405 e. The van der Waals surface area contributed by atoms with E-state index in [-0.39, 0.29) is 6.54 Å². The first-order valence-electron chi connectivity index (χ1n) is 5.01. The van der Waals surface area contributed by atoms with Crippen LogP contribution in [0, 0.1) is 0 Å². The SMILES string of the molecule is Cn1nccc1N1CCNC(C(F)(F)F)C1. The molecule has 0 spiro atoms. The van der Waals surface area contributed by atoms with Gasteiger partial charge in [0.05, 0.1) is 6.20 Å². The summed E-state index contributed by atoms with van der Waals surface area (Å²) < 4.78 is 39.2. The van der Waals surface area contributed by atoms with Gasteiger partial charge >= 0.3 is 6.18 Å². The standard InChI is InChI=1S/C9H13F3N4/c1-15-8(2-3-14-15)16-5-4-13-7(6-16)9(10,11)12/h2-3,7,13H,4-6H2,1H3. The number of alkyl halides is 3. The Morgan fingerprint density at radius 3 is 2.81 bits per heavy atom. The van der Waals surface area contributed by atoms with E-state index in [1.807, 2.05) is 0 Å². The summed E-state index contributed by atoms with van der Waals surface area (Å²) in [5, 5.41) is 6.43. The lowest BCUT2D eigenvalue weighted by molar-refractivity contribution is -0.155. The van der Waals surface area contributed by atoms with E-state index in [1.54, 1.807) is 28.9 Å². The first kappa shape index (κ1) is 11.3. The maximum Gasteiger partial charge on any atom is 0.405 e. The van der Waals surface area contributed by atoms with E-state index in [0.29, 0.717) is 13.1 Å². The van der Waals surface area contributed by atoms with Crippen molar-refractivity contribution >= 4 is 5.82 Å². The molecule has 1 N–H and O–H groups in total. The van der Waals surface area contributed by atoms with Crippen molar-refractivity contribution in [2.45, 2.75) is 12.2 Å². The molecule has 2 rings (SSSR count). The Balaban J connectivity index is 2.11. The van der Waals surface area contributed by atoms with Gasteiger partial charge in [-0.3, -0.25) is 4.68 Å². The third kappa shape index (κ3) is 2.13. The lowest BCUT2D eigenvalue weighted by atomic mass is 10.2. The number of piperazine rings is 1. The number of anilines is 1. The van der Waals surface area contributed by atoms with Crippen LogP contribution in [0.1, 0.15) is 0 Å². The summed E-state index contributed by atoms with van der Waals surface area (Å²) in [5.41, 5.74) is 0. The molecule has 4 nitrogen and oxygen atoms in total. The highest BCUT2D eigenvalue weighted by molar-refractivity contribution is 5.39. The molecule has 1 aliphatic rings. The van der Waals surface area contributed by atoms with E-state index < -0.39 is 12.2 Å². The van der Waals surface area contributed by atoms with Crippen LogP contribution in [-0.4, -0.2) is 41.6 Å². The monoisotopic (exact) mass is 234 g/mol. The molecule has 0 saturated carbocycles. The van der Waals surface area contributed by atoms with Crippen LogP contribution in [0.4, 0.5) is 19.0 Å². The molecule has 7 heteroatoms. The zero-order valence-electron chi connectivity index (χ0n) is 8.83. The number of halogens is 3. The van der Waals surface area contributed by atoms with Crippen molar-refractivity contribution in [3.8, 4) is 0 Å². The fraction of sp³-hybridized carbons (Fsp3) is 0.667. The second-order valence-electron chi connectivity index (χ2n) is 3.81. The molecule has 1 saturated heterocycles. The maximum absolute atomic E-state index is 12.5. The Bertz CT molecular complexity index is 360. The number of nitrogens with one attached hydrogen (secondary N) is 1. The lowest BCUT2D eigenvalue weighted by Crippen LogP contribution is -2.57. The molecular weight excluding hydrogens is 221 g/mol. The van der Waals surface area contributed by atoms with E-state index in [9.17, 15) is 13.2 Å². The van der Waals surface area contributed by atoms with E-state index in [1.165, 1.54) is 0 Å². The van der Waals surface area contributed by atoms with Crippen LogP contribution in [0.2, 0.25) is 0 Å². The molecule has 0 aromatic carbocycles. The molecule has 1 aliphatic heterocycles.